The van der Waals surface area contributed by atoms with Gasteiger partial charge in [0.25, 0.3) is 0 Å². The Morgan fingerprint density at radius 1 is 1.24 bits per heavy atom. The maximum atomic E-state index is 11.9. The Kier molecular flexibility index (Phi) is 4.47. The second kappa shape index (κ2) is 5.88. The van der Waals surface area contributed by atoms with Crippen LogP contribution >= 0.6 is 0 Å². The molecule has 0 bridgehead atoms. The van der Waals surface area contributed by atoms with E-state index in [9.17, 15) is 4.79 Å². The molecule has 98 valence electrons. The molecule has 1 heterocycles. The first kappa shape index (κ1) is 12.9. The molecule has 0 spiro atoms. The van der Waals surface area contributed by atoms with E-state index in [4.69, 9.17) is 4.74 Å². The van der Waals surface area contributed by atoms with Gasteiger partial charge in [0.15, 0.2) is 0 Å². The van der Waals surface area contributed by atoms with Gasteiger partial charge in [0, 0.05) is 5.92 Å². The van der Waals surface area contributed by atoms with E-state index in [-0.39, 0.29) is 18.0 Å². The van der Waals surface area contributed by atoms with E-state index in [0.717, 1.165) is 6.42 Å². The fourth-order valence-corrected chi connectivity index (χ4v) is 3.58. The van der Waals surface area contributed by atoms with Crippen molar-refractivity contribution >= 4 is 5.97 Å². The smallest absolute Gasteiger partial charge is 0.309 e. The number of carbonyl (C=O) groups excluding carboxylic acids is 1. The molecular weight excluding hydrogens is 212 g/mol. The molecule has 1 saturated carbocycles. The van der Waals surface area contributed by atoms with Crippen LogP contribution in [0.4, 0.5) is 0 Å². The molecule has 1 saturated heterocycles. The molecule has 2 aliphatic rings. The van der Waals surface area contributed by atoms with Crippen molar-refractivity contribution in [1.82, 2.24) is 0 Å². The van der Waals surface area contributed by atoms with E-state index >= 15 is 0 Å². The van der Waals surface area contributed by atoms with Gasteiger partial charge >= 0.3 is 5.97 Å². The first-order valence-electron chi connectivity index (χ1n) is 7.44. The summed E-state index contributed by atoms with van der Waals surface area (Å²) in [5, 5.41) is 0. The first-order valence-corrected chi connectivity index (χ1v) is 7.44. The predicted octanol–water partition coefficient (Wildman–Crippen LogP) is 3.93. The molecule has 0 aromatic rings. The molecular formula is C15H26O2. The summed E-state index contributed by atoms with van der Waals surface area (Å²) < 4.78 is 5.66. The second-order valence-corrected chi connectivity index (χ2v) is 5.91. The van der Waals surface area contributed by atoms with Crippen LogP contribution in [0.25, 0.3) is 0 Å². The summed E-state index contributed by atoms with van der Waals surface area (Å²) >= 11 is 0. The highest BCUT2D eigenvalue weighted by molar-refractivity contribution is 5.75. The van der Waals surface area contributed by atoms with Crippen LogP contribution in [0.2, 0.25) is 0 Å². The lowest BCUT2D eigenvalue weighted by atomic mass is 9.82. The quantitative estimate of drug-likeness (QED) is 0.536. The highest BCUT2D eigenvalue weighted by Crippen LogP contribution is 2.41. The van der Waals surface area contributed by atoms with Crippen LogP contribution in [0.3, 0.4) is 0 Å². The van der Waals surface area contributed by atoms with Gasteiger partial charge in [0.1, 0.15) is 6.10 Å². The van der Waals surface area contributed by atoms with Crippen molar-refractivity contribution < 1.29 is 9.53 Å². The lowest BCUT2D eigenvalue weighted by molar-refractivity contribution is -0.146. The third kappa shape index (κ3) is 2.83. The van der Waals surface area contributed by atoms with Gasteiger partial charge in [-0.2, -0.15) is 0 Å². The van der Waals surface area contributed by atoms with E-state index in [1.165, 1.54) is 44.9 Å². The maximum Gasteiger partial charge on any atom is 0.309 e. The summed E-state index contributed by atoms with van der Waals surface area (Å²) in [7, 11) is 0. The molecule has 2 fully saturated rings. The van der Waals surface area contributed by atoms with Crippen LogP contribution in [0, 0.1) is 17.8 Å². The summed E-state index contributed by atoms with van der Waals surface area (Å²) in [4.78, 5) is 11.9. The minimum absolute atomic E-state index is 0.0884. The zero-order valence-electron chi connectivity index (χ0n) is 11.3. The molecule has 0 radical (unpaired) electrons. The maximum absolute atomic E-state index is 11.9. The second-order valence-electron chi connectivity index (χ2n) is 5.91. The number of hydrogen-bond acceptors (Lipinski definition) is 2. The van der Waals surface area contributed by atoms with E-state index in [0.29, 0.717) is 11.8 Å². The molecule has 2 rings (SSSR count). The summed E-state index contributed by atoms with van der Waals surface area (Å²) in [5.74, 6) is 1.38. The Hall–Kier alpha value is -0.530. The number of rotatable bonds is 5. The molecule has 1 aliphatic carbocycles. The lowest BCUT2D eigenvalue weighted by Gasteiger charge is -2.22. The summed E-state index contributed by atoms with van der Waals surface area (Å²) in [6.45, 7) is 4.43. The van der Waals surface area contributed by atoms with E-state index in [1.807, 2.05) is 0 Å². The standard InChI is InChI=1S/C15H26O2/c1-3-4-5-10-13-11(2)14(17-15(13)16)12-8-6-7-9-12/h11-14H,3-10H2,1-2H3/t11-,13+,14+/m0/s1. The van der Waals surface area contributed by atoms with Gasteiger partial charge in [0.2, 0.25) is 0 Å². The molecule has 0 aromatic heterocycles. The zero-order chi connectivity index (χ0) is 12.3. The minimum Gasteiger partial charge on any atom is -0.462 e. The fraction of sp³-hybridized carbons (Fsp3) is 0.933. The number of carbonyl (C=O) groups is 1. The number of hydrogen-bond donors (Lipinski definition) is 0. The van der Waals surface area contributed by atoms with Gasteiger partial charge in [-0.25, -0.2) is 0 Å². The number of cyclic esters (lactones) is 1. The molecule has 3 atom stereocenters. The van der Waals surface area contributed by atoms with Crippen molar-refractivity contribution in [2.75, 3.05) is 0 Å². The molecule has 17 heavy (non-hydrogen) atoms. The largest absolute Gasteiger partial charge is 0.462 e. The molecule has 1 aliphatic heterocycles. The van der Waals surface area contributed by atoms with E-state index in [2.05, 4.69) is 13.8 Å². The van der Waals surface area contributed by atoms with Crippen molar-refractivity contribution in [3.8, 4) is 0 Å². The Morgan fingerprint density at radius 2 is 1.94 bits per heavy atom. The topological polar surface area (TPSA) is 26.3 Å². The van der Waals surface area contributed by atoms with Crippen molar-refractivity contribution in [3.63, 3.8) is 0 Å². The van der Waals surface area contributed by atoms with E-state index < -0.39 is 0 Å². The Morgan fingerprint density at radius 3 is 2.59 bits per heavy atom. The van der Waals surface area contributed by atoms with Gasteiger partial charge in [-0.3, -0.25) is 4.79 Å². The van der Waals surface area contributed by atoms with Crippen LogP contribution in [0.1, 0.15) is 65.2 Å². The van der Waals surface area contributed by atoms with Crippen LogP contribution in [0.5, 0.6) is 0 Å². The Bertz CT molecular complexity index is 256. The number of unbranched alkanes of at least 4 members (excludes halogenated alkanes) is 2. The third-order valence-corrected chi connectivity index (χ3v) is 4.69. The summed E-state index contributed by atoms with van der Waals surface area (Å²) in [6.07, 6.45) is 10.1. The average Bonchev–Trinajstić information content (AvgIpc) is 2.91. The highest BCUT2D eigenvalue weighted by atomic mass is 16.6. The van der Waals surface area contributed by atoms with Crippen LogP contribution in [0.15, 0.2) is 0 Å². The molecule has 0 amide bonds. The van der Waals surface area contributed by atoms with Crippen molar-refractivity contribution in [2.45, 2.75) is 71.3 Å². The van der Waals surface area contributed by atoms with Crippen LogP contribution in [-0.2, 0) is 9.53 Å². The van der Waals surface area contributed by atoms with Gasteiger partial charge in [0.05, 0.1) is 5.92 Å². The van der Waals surface area contributed by atoms with Gasteiger partial charge < -0.3 is 4.74 Å². The van der Waals surface area contributed by atoms with Gasteiger partial charge in [-0.05, 0) is 25.2 Å². The summed E-state index contributed by atoms with van der Waals surface area (Å²) in [6, 6.07) is 0. The molecule has 0 N–H and O–H groups in total. The average molecular weight is 238 g/mol. The predicted molar refractivity (Wildman–Crippen MR) is 68.6 cm³/mol. The van der Waals surface area contributed by atoms with Crippen LogP contribution in [-0.4, -0.2) is 12.1 Å². The van der Waals surface area contributed by atoms with E-state index in [1.54, 1.807) is 0 Å². The normalized spacial score (nSPS) is 34.2. The van der Waals surface area contributed by atoms with Crippen molar-refractivity contribution in [3.05, 3.63) is 0 Å². The first-order chi connectivity index (χ1) is 8.24. The molecule has 2 nitrogen and oxygen atoms in total. The lowest BCUT2D eigenvalue weighted by Crippen LogP contribution is -2.24. The van der Waals surface area contributed by atoms with Crippen molar-refractivity contribution in [2.24, 2.45) is 17.8 Å². The van der Waals surface area contributed by atoms with Crippen molar-refractivity contribution in [1.29, 1.82) is 0 Å². The van der Waals surface area contributed by atoms with Gasteiger partial charge in [-0.15, -0.1) is 0 Å². The fourth-order valence-electron chi connectivity index (χ4n) is 3.58. The molecule has 2 heteroatoms. The third-order valence-electron chi connectivity index (χ3n) is 4.69. The monoisotopic (exact) mass is 238 g/mol. The van der Waals surface area contributed by atoms with Crippen LogP contribution < -0.4 is 0 Å². The Labute approximate surface area is 105 Å². The molecule has 0 unspecified atom stereocenters. The highest BCUT2D eigenvalue weighted by Gasteiger charge is 2.45. The zero-order valence-corrected chi connectivity index (χ0v) is 11.3. The SMILES string of the molecule is CCCCC[C@H]1C(=O)O[C@@H](C2CCCC2)[C@H]1C. The minimum atomic E-state index is 0.0884. The Balaban J connectivity index is 1.88. The van der Waals surface area contributed by atoms with Gasteiger partial charge in [-0.1, -0.05) is 46.0 Å². The molecule has 0 aromatic carbocycles. The number of ether oxygens (including phenoxy) is 1. The number of esters is 1. The summed E-state index contributed by atoms with van der Waals surface area (Å²) in [5.41, 5.74) is 0.